The molecular formula is C21H17F3N4. The van der Waals surface area contributed by atoms with Gasteiger partial charge in [-0.25, -0.2) is 0 Å². The summed E-state index contributed by atoms with van der Waals surface area (Å²) in [5.74, 6) is 0. The summed E-state index contributed by atoms with van der Waals surface area (Å²) in [5.41, 5.74) is 0.465. The zero-order valence-electron chi connectivity index (χ0n) is 14.9. The standard InChI is InChI=1S/C21H17F3N4/c22-21(23,24)16-5-3-6-17(10-16)27-8-9-28-18-7-2-1-4-15(18)11-20(13-25,14-26)19(28)12-27/h1-7,10,19H,8-9,11-12H2. The highest BCUT2D eigenvalue weighted by atomic mass is 19.4. The van der Waals surface area contributed by atoms with Crippen LogP contribution >= 0.6 is 0 Å². The number of hydrogen-bond acceptors (Lipinski definition) is 4. The molecule has 2 aliphatic heterocycles. The van der Waals surface area contributed by atoms with Crippen LogP contribution in [0.5, 0.6) is 0 Å². The molecule has 0 saturated carbocycles. The molecule has 0 aromatic heterocycles. The first-order valence-electron chi connectivity index (χ1n) is 8.97. The monoisotopic (exact) mass is 382 g/mol. The van der Waals surface area contributed by atoms with E-state index in [4.69, 9.17) is 0 Å². The van der Waals surface area contributed by atoms with Gasteiger partial charge in [-0.05, 0) is 29.8 Å². The summed E-state index contributed by atoms with van der Waals surface area (Å²) in [5, 5.41) is 19.7. The lowest BCUT2D eigenvalue weighted by Gasteiger charge is -2.51. The summed E-state index contributed by atoms with van der Waals surface area (Å²) in [4.78, 5) is 3.91. The van der Waals surface area contributed by atoms with Gasteiger partial charge in [-0.3, -0.25) is 0 Å². The molecule has 4 nitrogen and oxygen atoms in total. The van der Waals surface area contributed by atoms with Crippen molar-refractivity contribution in [3.63, 3.8) is 0 Å². The van der Waals surface area contributed by atoms with Crippen molar-refractivity contribution in [3.05, 3.63) is 59.7 Å². The molecule has 0 amide bonds. The Morgan fingerprint density at radius 2 is 1.75 bits per heavy atom. The first-order valence-corrected chi connectivity index (χ1v) is 8.97. The van der Waals surface area contributed by atoms with Crippen molar-refractivity contribution in [2.45, 2.75) is 18.6 Å². The first kappa shape index (κ1) is 18.2. The minimum atomic E-state index is -4.41. The molecule has 1 atom stereocenters. The van der Waals surface area contributed by atoms with Gasteiger partial charge in [-0.15, -0.1) is 0 Å². The third kappa shape index (κ3) is 2.84. The summed E-state index contributed by atoms with van der Waals surface area (Å²) in [6.07, 6.45) is -4.10. The number of halogens is 3. The molecule has 2 aromatic carbocycles. The van der Waals surface area contributed by atoms with E-state index in [1.165, 1.54) is 6.07 Å². The Morgan fingerprint density at radius 1 is 1.00 bits per heavy atom. The lowest BCUT2D eigenvalue weighted by molar-refractivity contribution is -0.137. The Labute approximate surface area is 161 Å². The van der Waals surface area contributed by atoms with E-state index in [1.54, 1.807) is 6.07 Å². The van der Waals surface area contributed by atoms with Gasteiger partial charge >= 0.3 is 6.18 Å². The number of anilines is 2. The van der Waals surface area contributed by atoms with Crippen molar-refractivity contribution in [3.8, 4) is 12.1 Å². The molecule has 2 aliphatic rings. The van der Waals surface area contributed by atoms with Crippen LogP contribution < -0.4 is 9.80 Å². The number of hydrogen-bond donors (Lipinski definition) is 0. The van der Waals surface area contributed by atoms with Gasteiger partial charge in [0.05, 0.1) is 23.7 Å². The molecule has 0 radical (unpaired) electrons. The van der Waals surface area contributed by atoms with E-state index in [-0.39, 0.29) is 0 Å². The van der Waals surface area contributed by atoms with E-state index in [1.807, 2.05) is 29.2 Å². The lowest BCUT2D eigenvalue weighted by Crippen LogP contribution is -2.62. The highest BCUT2D eigenvalue weighted by molar-refractivity contribution is 5.62. The number of nitriles is 2. The molecule has 0 spiro atoms. The van der Waals surface area contributed by atoms with Gasteiger partial charge in [0, 0.05) is 37.4 Å². The van der Waals surface area contributed by atoms with Crippen LogP contribution in [0.2, 0.25) is 0 Å². The van der Waals surface area contributed by atoms with Gasteiger partial charge in [0.2, 0.25) is 0 Å². The maximum atomic E-state index is 13.1. The van der Waals surface area contributed by atoms with Crippen LogP contribution in [-0.2, 0) is 12.6 Å². The van der Waals surface area contributed by atoms with E-state index in [0.717, 1.165) is 23.4 Å². The minimum Gasteiger partial charge on any atom is -0.368 e. The van der Waals surface area contributed by atoms with Crippen LogP contribution in [0.15, 0.2) is 48.5 Å². The van der Waals surface area contributed by atoms with Crippen LogP contribution in [0.3, 0.4) is 0 Å². The summed E-state index contributed by atoms with van der Waals surface area (Å²) in [6, 6.07) is 16.9. The second kappa shape index (κ2) is 6.45. The Morgan fingerprint density at radius 3 is 2.46 bits per heavy atom. The smallest absolute Gasteiger partial charge is 0.368 e. The van der Waals surface area contributed by atoms with Crippen LogP contribution in [0.4, 0.5) is 24.5 Å². The Hall–Kier alpha value is -3.19. The highest BCUT2D eigenvalue weighted by Gasteiger charge is 2.50. The van der Waals surface area contributed by atoms with E-state index < -0.39 is 23.2 Å². The largest absolute Gasteiger partial charge is 0.416 e. The molecule has 2 heterocycles. The van der Waals surface area contributed by atoms with Crippen LogP contribution in [0, 0.1) is 28.1 Å². The number of nitrogens with zero attached hydrogens (tertiary/aromatic N) is 4. The second-order valence-electron chi connectivity index (χ2n) is 7.20. The number of benzene rings is 2. The van der Waals surface area contributed by atoms with Gasteiger partial charge in [0.1, 0.15) is 0 Å². The predicted molar refractivity (Wildman–Crippen MR) is 98.6 cm³/mol. The maximum Gasteiger partial charge on any atom is 0.416 e. The van der Waals surface area contributed by atoms with Crippen molar-refractivity contribution < 1.29 is 13.2 Å². The second-order valence-corrected chi connectivity index (χ2v) is 7.20. The fraction of sp³-hybridized carbons (Fsp3) is 0.333. The minimum absolute atomic E-state index is 0.313. The van der Waals surface area contributed by atoms with Crippen molar-refractivity contribution in [2.24, 2.45) is 5.41 Å². The van der Waals surface area contributed by atoms with E-state index in [2.05, 4.69) is 17.0 Å². The molecule has 4 rings (SSSR count). The molecular weight excluding hydrogens is 365 g/mol. The summed E-state index contributed by atoms with van der Waals surface area (Å²) >= 11 is 0. The van der Waals surface area contributed by atoms with Gasteiger partial charge in [-0.2, -0.15) is 23.7 Å². The average Bonchev–Trinajstić information content (AvgIpc) is 2.72. The number of para-hydroxylation sites is 1. The molecule has 0 N–H and O–H groups in total. The Balaban J connectivity index is 1.71. The molecule has 7 heteroatoms. The Kier molecular flexibility index (Phi) is 4.19. The predicted octanol–water partition coefficient (Wildman–Crippen LogP) is 3.99. The molecule has 1 unspecified atom stereocenters. The van der Waals surface area contributed by atoms with Crippen LogP contribution in [-0.4, -0.2) is 25.7 Å². The zero-order chi connectivity index (χ0) is 19.9. The molecule has 0 bridgehead atoms. The molecule has 1 saturated heterocycles. The van der Waals surface area contributed by atoms with Crippen LogP contribution in [0.1, 0.15) is 11.1 Å². The van der Waals surface area contributed by atoms with Gasteiger partial charge in [0.15, 0.2) is 5.41 Å². The van der Waals surface area contributed by atoms with Gasteiger partial charge in [-0.1, -0.05) is 24.3 Å². The molecule has 28 heavy (non-hydrogen) atoms. The van der Waals surface area contributed by atoms with Gasteiger partial charge < -0.3 is 9.80 Å². The highest BCUT2D eigenvalue weighted by Crippen LogP contribution is 2.43. The molecule has 1 fully saturated rings. The van der Waals surface area contributed by atoms with E-state index >= 15 is 0 Å². The first-order chi connectivity index (χ1) is 13.4. The van der Waals surface area contributed by atoms with Crippen molar-refractivity contribution in [2.75, 3.05) is 29.4 Å². The SMILES string of the molecule is N#CC1(C#N)Cc2ccccc2N2CCN(c3cccc(C(F)(F)F)c3)CC21. The van der Waals surface area contributed by atoms with Crippen molar-refractivity contribution in [1.82, 2.24) is 0 Å². The number of rotatable bonds is 1. The van der Waals surface area contributed by atoms with E-state index in [9.17, 15) is 23.7 Å². The molecule has 2 aromatic rings. The van der Waals surface area contributed by atoms with Gasteiger partial charge in [0.25, 0.3) is 0 Å². The third-order valence-corrected chi connectivity index (χ3v) is 5.66. The fourth-order valence-corrected chi connectivity index (χ4v) is 4.22. The number of alkyl halides is 3. The quantitative estimate of drug-likeness (QED) is 0.748. The average molecular weight is 382 g/mol. The third-order valence-electron chi connectivity index (χ3n) is 5.66. The summed E-state index contributed by atoms with van der Waals surface area (Å²) < 4.78 is 39.3. The topological polar surface area (TPSA) is 54.1 Å². The fourth-order valence-electron chi connectivity index (χ4n) is 4.22. The zero-order valence-corrected chi connectivity index (χ0v) is 14.9. The summed E-state index contributed by atoms with van der Waals surface area (Å²) in [6.45, 7) is 1.36. The lowest BCUT2D eigenvalue weighted by atomic mass is 9.72. The number of fused-ring (bicyclic) bond motifs is 3. The maximum absolute atomic E-state index is 13.1. The molecule has 142 valence electrons. The van der Waals surface area contributed by atoms with Crippen molar-refractivity contribution >= 4 is 11.4 Å². The van der Waals surface area contributed by atoms with E-state index in [0.29, 0.717) is 31.7 Å². The molecule has 0 aliphatic carbocycles. The summed E-state index contributed by atoms with van der Waals surface area (Å²) in [7, 11) is 0. The van der Waals surface area contributed by atoms with Crippen LogP contribution in [0.25, 0.3) is 0 Å². The van der Waals surface area contributed by atoms with Crippen molar-refractivity contribution in [1.29, 1.82) is 10.5 Å². The number of piperazine rings is 1. The normalized spacial score (nSPS) is 20.5. The Bertz CT molecular complexity index is 972.